The second-order valence-electron chi connectivity index (χ2n) is 5.26. The highest BCUT2D eigenvalue weighted by Gasteiger charge is 2.17. The van der Waals surface area contributed by atoms with Gasteiger partial charge in [0.15, 0.2) is 5.11 Å². The van der Waals surface area contributed by atoms with Crippen molar-refractivity contribution in [2.75, 3.05) is 23.8 Å². The summed E-state index contributed by atoms with van der Waals surface area (Å²) in [5, 5.41) is 5.56. The van der Waals surface area contributed by atoms with E-state index >= 15 is 0 Å². The Kier molecular flexibility index (Phi) is 7.25. The molecule has 0 aliphatic carbocycles. The molecule has 0 radical (unpaired) electrons. The molecule has 0 saturated carbocycles. The van der Waals surface area contributed by atoms with Gasteiger partial charge in [-0.05, 0) is 56.4 Å². The number of carbonyl (C=O) groups is 2. The first kappa shape index (κ1) is 20.3. The lowest BCUT2D eigenvalue weighted by Gasteiger charge is -2.15. The van der Waals surface area contributed by atoms with Gasteiger partial charge < -0.3 is 20.1 Å². The van der Waals surface area contributed by atoms with Crippen molar-refractivity contribution in [3.05, 3.63) is 59.4 Å². The Balaban J connectivity index is 2.28. The standard InChI is InChI=1S/C19H19FN2O4S/c1-3-25-17(23)12-9-10-13(18(24)26-4-2)16(11-12)22-19(27)21-15-8-6-5-7-14(15)20/h5-11H,3-4H2,1-2H3,(H2,21,22,27). The van der Waals surface area contributed by atoms with Gasteiger partial charge in [0.1, 0.15) is 5.82 Å². The van der Waals surface area contributed by atoms with Gasteiger partial charge in [-0.2, -0.15) is 0 Å². The molecule has 0 amide bonds. The number of para-hydroxylation sites is 1. The predicted octanol–water partition coefficient (Wildman–Crippen LogP) is 3.99. The molecular formula is C19H19FN2O4S. The minimum Gasteiger partial charge on any atom is -0.462 e. The first-order valence-corrected chi connectivity index (χ1v) is 8.67. The summed E-state index contributed by atoms with van der Waals surface area (Å²) >= 11 is 5.19. The summed E-state index contributed by atoms with van der Waals surface area (Å²) in [5.74, 6) is -1.60. The SMILES string of the molecule is CCOC(=O)c1ccc(C(=O)OCC)c(NC(=S)Nc2ccccc2F)c1. The highest BCUT2D eigenvalue weighted by molar-refractivity contribution is 7.80. The summed E-state index contributed by atoms with van der Waals surface area (Å²) in [7, 11) is 0. The number of benzene rings is 2. The molecule has 2 N–H and O–H groups in total. The maximum atomic E-state index is 13.8. The number of rotatable bonds is 6. The van der Waals surface area contributed by atoms with Crippen LogP contribution >= 0.6 is 12.2 Å². The summed E-state index contributed by atoms with van der Waals surface area (Å²) < 4.78 is 23.7. The van der Waals surface area contributed by atoms with E-state index < -0.39 is 17.8 Å². The Morgan fingerprint density at radius 2 is 1.59 bits per heavy atom. The summed E-state index contributed by atoms with van der Waals surface area (Å²) in [4.78, 5) is 24.1. The quantitative estimate of drug-likeness (QED) is 0.570. The number of halogens is 1. The highest BCUT2D eigenvalue weighted by Crippen LogP contribution is 2.21. The number of nitrogens with one attached hydrogen (secondary N) is 2. The molecule has 6 nitrogen and oxygen atoms in total. The minimum atomic E-state index is -0.580. The van der Waals surface area contributed by atoms with Crippen LogP contribution in [0.2, 0.25) is 0 Å². The van der Waals surface area contributed by atoms with E-state index in [0.29, 0.717) is 0 Å². The zero-order valence-corrected chi connectivity index (χ0v) is 15.7. The molecule has 0 unspecified atom stereocenters. The van der Waals surface area contributed by atoms with Crippen molar-refractivity contribution >= 4 is 40.6 Å². The molecule has 142 valence electrons. The second kappa shape index (κ2) is 9.63. The molecule has 2 rings (SSSR count). The van der Waals surface area contributed by atoms with Gasteiger partial charge in [-0.3, -0.25) is 0 Å². The van der Waals surface area contributed by atoms with Crippen LogP contribution in [-0.4, -0.2) is 30.3 Å². The molecule has 0 heterocycles. The summed E-state index contributed by atoms with van der Waals surface area (Å²) in [5.41, 5.74) is 0.839. The van der Waals surface area contributed by atoms with Crippen LogP contribution < -0.4 is 10.6 Å². The number of hydrogen-bond donors (Lipinski definition) is 2. The summed E-state index contributed by atoms with van der Waals surface area (Å²) in [6.45, 7) is 3.78. The number of anilines is 2. The molecule has 0 aliphatic heterocycles. The van der Waals surface area contributed by atoms with E-state index in [-0.39, 0.29) is 40.8 Å². The summed E-state index contributed by atoms with van der Waals surface area (Å²) in [6.07, 6.45) is 0. The topological polar surface area (TPSA) is 76.7 Å². The fraction of sp³-hybridized carbons (Fsp3) is 0.211. The van der Waals surface area contributed by atoms with E-state index in [1.807, 2.05) is 0 Å². The molecule has 2 aromatic carbocycles. The van der Waals surface area contributed by atoms with Crippen molar-refractivity contribution in [2.24, 2.45) is 0 Å². The Hall–Kier alpha value is -3.00. The molecule has 0 bridgehead atoms. The van der Waals surface area contributed by atoms with E-state index in [1.54, 1.807) is 26.0 Å². The zero-order chi connectivity index (χ0) is 19.8. The molecular weight excluding hydrogens is 371 g/mol. The van der Waals surface area contributed by atoms with Crippen LogP contribution in [0.25, 0.3) is 0 Å². The molecule has 0 fully saturated rings. The molecule has 0 atom stereocenters. The van der Waals surface area contributed by atoms with Gasteiger partial charge in [0.25, 0.3) is 0 Å². The number of hydrogen-bond acceptors (Lipinski definition) is 5. The number of esters is 2. The monoisotopic (exact) mass is 390 g/mol. The Morgan fingerprint density at radius 1 is 0.963 bits per heavy atom. The fourth-order valence-corrected chi connectivity index (χ4v) is 2.43. The van der Waals surface area contributed by atoms with Crippen molar-refractivity contribution in [3.8, 4) is 0 Å². The predicted molar refractivity (Wildman–Crippen MR) is 105 cm³/mol. The third kappa shape index (κ3) is 5.49. The highest BCUT2D eigenvalue weighted by atomic mass is 32.1. The molecule has 0 saturated heterocycles. The van der Waals surface area contributed by atoms with Crippen molar-refractivity contribution in [1.29, 1.82) is 0 Å². The Bertz CT molecular complexity index is 857. The third-order valence-electron chi connectivity index (χ3n) is 3.40. The van der Waals surface area contributed by atoms with Crippen LogP contribution in [0.5, 0.6) is 0 Å². The Morgan fingerprint density at radius 3 is 2.26 bits per heavy atom. The van der Waals surface area contributed by atoms with Crippen LogP contribution in [0.3, 0.4) is 0 Å². The number of thiocarbonyl (C=S) groups is 1. The van der Waals surface area contributed by atoms with Crippen LogP contribution in [0.4, 0.5) is 15.8 Å². The minimum absolute atomic E-state index is 0.0478. The third-order valence-corrected chi connectivity index (χ3v) is 3.60. The van der Waals surface area contributed by atoms with Gasteiger partial charge in [0, 0.05) is 0 Å². The maximum absolute atomic E-state index is 13.8. The van der Waals surface area contributed by atoms with E-state index in [1.165, 1.54) is 30.3 Å². The van der Waals surface area contributed by atoms with Crippen LogP contribution in [-0.2, 0) is 9.47 Å². The van der Waals surface area contributed by atoms with Crippen LogP contribution in [0, 0.1) is 5.82 Å². The molecule has 0 spiro atoms. The normalized spacial score (nSPS) is 10.0. The van der Waals surface area contributed by atoms with Crippen LogP contribution in [0.15, 0.2) is 42.5 Å². The smallest absolute Gasteiger partial charge is 0.340 e. The summed E-state index contributed by atoms with van der Waals surface area (Å²) in [6, 6.07) is 10.3. The lowest BCUT2D eigenvalue weighted by molar-refractivity contribution is 0.0512. The van der Waals surface area contributed by atoms with Crippen LogP contribution in [0.1, 0.15) is 34.6 Å². The van der Waals surface area contributed by atoms with Crippen molar-refractivity contribution < 1.29 is 23.5 Å². The molecule has 27 heavy (non-hydrogen) atoms. The first-order chi connectivity index (χ1) is 13.0. The maximum Gasteiger partial charge on any atom is 0.340 e. The first-order valence-electron chi connectivity index (χ1n) is 8.27. The van der Waals surface area contributed by atoms with Gasteiger partial charge in [-0.1, -0.05) is 12.1 Å². The molecule has 0 aromatic heterocycles. The van der Waals surface area contributed by atoms with Crippen molar-refractivity contribution in [1.82, 2.24) is 0 Å². The Labute approximate surface area is 161 Å². The van der Waals surface area contributed by atoms with Crippen molar-refractivity contribution in [2.45, 2.75) is 13.8 Å². The molecule has 2 aromatic rings. The average Bonchev–Trinajstić information content (AvgIpc) is 2.64. The van der Waals surface area contributed by atoms with E-state index in [2.05, 4.69) is 10.6 Å². The number of carbonyl (C=O) groups excluding carboxylic acids is 2. The lowest BCUT2D eigenvalue weighted by atomic mass is 10.1. The molecule has 8 heteroatoms. The lowest BCUT2D eigenvalue weighted by Crippen LogP contribution is -2.22. The largest absolute Gasteiger partial charge is 0.462 e. The van der Waals surface area contributed by atoms with Gasteiger partial charge in [0.05, 0.1) is 35.7 Å². The second-order valence-corrected chi connectivity index (χ2v) is 5.67. The number of ether oxygens (including phenoxy) is 2. The van der Waals surface area contributed by atoms with Gasteiger partial charge >= 0.3 is 11.9 Å². The average molecular weight is 390 g/mol. The van der Waals surface area contributed by atoms with E-state index in [4.69, 9.17) is 21.7 Å². The van der Waals surface area contributed by atoms with Gasteiger partial charge in [-0.25, -0.2) is 14.0 Å². The van der Waals surface area contributed by atoms with E-state index in [9.17, 15) is 14.0 Å². The van der Waals surface area contributed by atoms with Gasteiger partial charge in [-0.15, -0.1) is 0 Å². The van der Waals surface area contributed by atoms with Gasteiger partial charge in [0.2, 0.25) is 0 Å². The van der Waals surface area contributed by atoms with Crippen molar-refractivity contribution in [3.63, 3.8) is 0 Å². The fourth-order valence-electron chi connectivity index (χ4n) is 2.21. The molecule has 0 aliphatic rings. The zero-order valence-electron chi connectivity index (χ0n) is 14.9. The van der Waals surface area contributed by atoms with E-state index in [0.717, 1.165) is 0 Å².